The molecule has 0 heterocycles. The highest BCUT2D eigenvalue weighted by Gasteiger charge is 1.97. The molecule has 0 aromatic heterocycles. The normalized spacial score (nSPS) is 11.2. The first-order valence-electron chi connectivity index (χ1n) is 6.10. The van der Waals surface area contributed by atoms with Gasteiger partial charge in [0.15, 0.2) is 0 Å². The average molecular weight is 310 g/mol. The minimum absolute atomic E-state index is 0.955. The SMILES string of the molecule is Brc1ccc(N=Cc2cccc3ccccc23)cc1. The summed E-state index contributed by atoms with van der Waals surface area (Å²) in [7, 11) is 0. The van der Waals surface area contributed by atoms with E-state index in [2.05, 4.69) is 63.4 Å². The molecule has 19 heavy (non-hydrogen) atoms. The molecule has 92 valence electrons. The predicted molar refractivity (Wildman–Crippen MR) is 85.3 cm³/mol. The van der Waals surface area contributed by atoms with E-state index in [1.54, 1.807) is 0 Å². The lowest BCUT2D eigenvalue weighted by Crippen LogP contribution is -1.83. The van der Waals surface area contributed by atoms with Gasteiger partial charge in [0, 0.05) is 16.3 Å². The third-order valence-corrected chi connectivity index (χ3v) is 3.53. The first-order valence-corrected chi connectivity index (χ1v) is 6.90. The number of halogens is 1. The van der Waals surface area contributed by atoms with Gasteiger partial charge in [-0.05, 0) is 35.0 Å². The first kappa shape index (κ1) is 12.1. The third-order valence-electron chi connectivity index (χ3n) is 3.00. The third kappa shape index (κ3) is 2.74. The number of fused-ring (bicyclic) bond motifs is 1. The molecule has 0 spiro atoms. The fraction of sp³-hybridized carbons (Fsp3) is 0. The van der Waals surface area contributed by atoms with E-state index in [9.17, 15) is 0 Å². The van der Waals surface area contributed by atoms with E-state index in [0.717, 1.165) is 15.7 Å². The first-order chi connectivity index (χ1) is 9.33. The van der Waals surface area contributed by atoms with E-state index in [1.165, 1.54) is 10.8 Å². The molecule has 3 rings (SSSR count). The average Bonchev–Trinajstić information content (AvgIpc) is 2.47. The highest BCUT2D eigenvalue weighted by atomic mass is 79.9. The maximum atomic E-state index is 4.52. The Hall–Kier alpha value is -1.93. The van der Waals surface area contributed by atoms with Gasteiger partial charge in [-0.2, -0.15) is 0 Å². The van der Waals surface area contributed by atoms with Crippen LogP contribution in [0.4, 0.5) is 5.69 Å². The molecule has 3 aromatic rings. The van der Waals surface area contributed by atoms with Crippen LogP contribution in [0.15, 0.2) is 76.2 Å². The Morgan fingerprint density at radius 2 is 1.53 bits per heavy atom. The van der Waals surface area contributed by atoms with Gasteiger partial charge in [0.25, 0.3) is 0 Å². The molecule has 3 aromatic carbocycles. The summed E-state index contributed by atoms with van der Waals surface area (Å²) in [6.45, 7) is 0. The molecule has 0 aliphatic heterocycles. The summed E-state index contributed by atoms with van der Waals surface area (Å²) < 4.78 is 1.07. The molecule has 0 unspecified atom stereocenters. The van der Waals surface area contributed by atoms with Gasteiger partial charge in [0.05, 0.1) is 5.69 Å². The molecule has 0 aliphatic carbocycles. The molecule has 0 amide bonds. The lowest BCUT2D eigenvalue weighted by Gasteiger charge is -2.01. The zero-order valence-corrected chi connectivity index (χ0v) is 11.8. The molecule has 0 N–H and O–H groups in total. The van der Waals surface area contributed by atoms with Crippen molar-refractivity contribution in [3.63, 3.8) is 0 Å². The molecule has 0 aliphatic rings. The lowest BCUT2D eigenvalue weighted by atomic mass is 10.1. The van der Waals surface area contributed by atoms with Crippen molar-refractivity contribution >= 4 is 38.6 Å². The molecule has 0 saturated heterocycles. The Kier molecular flexibility index (Phi) is 3.43. The van der Waals surface area contributed by atoms with Crippen LogP contribution in [0.5, 0.6) is 0 Å². The maximum absolute atomic E-state index is 4.52. The van der Waals surface area contributed by atoms with E-state index in [-0.39, 0.29) is 0 Å². The number of aliphatic imine (C=N–C) groups is 1. The summed E-state index contributed by atoms with van der Waals surface area (Å²) >= 11 is 3.42. The van der Waals surface area contributed by atoms with Crippen molar-refractivity contribution in [1.29, 1.82) is 0 Å². The Morgan fingerprint density at radius 3 is 2.37 bits per heavy atom. The van der Waals surface area contributed by atoms with Crippen LogP contribution < -0.4 is 0 Å². The van der Waals surface area contributed by atoms with E-state index in [1.807, 2.05) is 30.5 Å². The topological polar surface area (TPSA) is 12.4 Å². The minimum atomic E-state index is 0.955. The van der Waals surface area contributed by atoms with Crippen molar-refractivity contribution in [3.05, 3.63) is 76.8 Å². The Bertz CT molecular complexity index is 724. The van der Waals surface area contributed by atoms with Crippen molar-refractivity contribution in [2.45, 2.75) is 0 Å². The highest BCUT2D eigenvalue weighted by Crippen LogP contribution is 2.19. The molecule has 0 radical (unpaired) electrons. The van der Waals surface area contributed by atoms with Gasteiger partial charge in [0.1, 0.15) is 0 Å². The van der Waals surface area contributed by atoms with E-state index < -0.39 is 0 Å². The van der Waals surface area contributed by atoms with Crippen LogP contribution in [0, 0.1) is 0 Å². The minimum Gasteiger partial charge on any atom is -0.256 e. The Labute approximate surface area is 120 Å². The van der Waals surface area contributed by atoms with Crippen molar-refractivity contribution < 1.29 is 0 Å². The van der Waals surface area contributed by atoms with Gasteiger partial charge in [-0.15, -0.1) is 0 Å². The summed E-state index contributed by atoms with van der Waals surface area (Å²) in [4.78, 5) is 4.52. The van der Waals surface area contributed by atoms with E-state index in [0.29, 0.717) is 0 Å². The number of benzene rings is 3. The summed E-state index contributed by atoms with van der Waals surface area (Å²) in [5.74, 6) is 0. The standard InChI is InChI=1S/C17H12BrN/c18-15-8-10-16(11-9-15)19-12-14-6-3-5-13-4-1-2-7-17(13)14/h1-12H. The van der Waals surface area contributed by atoms with Crippen LogP contribution in [0.3, 0.4) is 0 Å². The van der Waals surface area contributed by atoms with Crippen molar-refractivity contribution in [1.82, 2.24) is 0 Å². The summed E-state index contributed by atoms with van der Waals surface area (Å²) in [5.41, 5.74) is 2.09. The molecule has 1 nitrogen and oxygen atoms in total. The van der Waals surface area contributed by atoms with E-state index in [4.69, 9.17) is 0 Å². The second-order valence-electron chi connectivity index (χ2n) is 4.30. The molecule has 0 fully saturated rings. The Balaban J connectivity index is 1.99. The largest absolute Gasteiger partial charge is 0.256 e. The molecular formula is C17H12BrN. The second-order valence-corrected chi connectivity index (χ2v) is 5.22. The van der Waals surface area contributed by atoms with Crippen LogP contribution in [0.25, 0.3) is 10.8 Å². The highest BCUT2D eigenvalue weighted by molar-refractivity contribution is 9.10. The smallest absolute Gasteiger partial charge is 0.0630 e. The zero-order valence-electron chi connectivity index (χ0n) is 10.3. The van der Waals surface area contributed by atoms with Gasteiger partial charge >= 0.3 is 0 Å². The number of hydrogen-bond acceptors (Lipinski definition) is 1. The maximum Gasteiger partial charge on any atom is 0.0630 e. The fourth-order valence-corrected chi connectivity index (χ4v) is 2.30. The molecule has 0 atom stereocenters. The zero-order chi connectivity index (χ0) is 13.1. The van der Waals surface area contributed by atoms with Crippen LogP contribution in [-0.2, 0) is 0 Å². The summed E-state index contributed by atoms with van der Waals surface area (Å²) in [6, 6.07) is 22.6. The quantitative estimate of drug-likeness (QED) is 0.566. The van der Waals surface area contributed by atoms with Gasteiger partial charge in [-0.3, -0.25) is 4.99 Å². The number of nitrogens with zero attached hydrogens (tertiary/aromatic N) is 1. The Morgan fingerprint density at radius 1 is 0.789 bits per heavy atom. The van der Waals surface area contributed by atoms with Gasteiger partial charge in [0.2, 0.25) is 0 Å². The van der Waals surface area contributed by atoms with Crippen LogP contribution in [0.1, 0.15) is 5.56 Å². The lowest BCUT2D eigenvalue weighted by molar-refractivity contribution is 1.52. The fourth-order valence-electron chi connectivity index (χ4n) is 2.03. The van der Waals surface area contributed by atoms with Crippen LogP contribution in [0.2, 0.25) is 0 Å². The second kappa shape index (κ2) is 5.37. The van der Waals surface area contributed by atoms with Crippen molar-refractivity contribution in [2.75, 3.05) is 0 Å². The molecule has 2 heteroatoms. The van der Waals surface area contributed by atoms with E-state index >= 15 is 0 Å². The molecule has 0 bridgehead atoms. The van der Waals surface area contributed by atoms with Gasteiger partial charge < -0.3 is 0 Å². The molecule has 0 saturated carbocycles. The van der Waals surface area contributed by atoms with Crippen LogP contribution >= 0.6 is 15.9 Å². The number of rotatable bonds is 2. The summed E-state index contributed by atoms with van der Waals surface area (Å²) in [5, 5.41) is 2.47. The van der Waals surface area contributed by atoms with Crippen LogP contribution in [-0.4, -0.2) is 6.21 Å². The molecular weight excluding hydrogens is 298 g/mol. The predicted octanol–water partition coefficient (Wildman–Crippen LogP) is 5.35. The van der Waals surface area contributed by atoms with Crippen molar-refractivity contribution in [2.24, 2.45) is 4.99 Å². The number of hydrogen-bond donors (Lipinski definition) is 0. The monoisotopic (exact) mass is 309 g/mol. The van der Waals surface area contributed by atoms with Gasteiger partial charge in [-0.25, -0.2) is 0 Å². The van der Waals surface area contributed by atoms with Crippen molar-refractivity contribution in [3.8, 4) is 0 Å². The van der Waals surface area contributed by atoms with Gasteiger partial charge in [-0.1, -0.05) is 58.4 Å². The summed E-state index contributed by atoms with van der Waals surface area (Å²) in [6.07, 6.45) is 1.92.